The lowest BCUT2D eigenvalue weighted by molar-refractivity contribution is 1.07. The molecule has 0 aliphatic carbocycles. The fourth-order valence-corrected chi connectivity index (χ4v) is 6.11. The van der Waals surface area contributed by atoms with Crippen molar-refractivity contribution in [3.63, 3.8) is 0 Å². The van der Waals surface area contributed by atoms with Crippen LogP contribution in [0, 0.1) is 0 Å². The van der Waals surface area contributed by atoms with E-state index in [-0.39, 0.29) is 44.2 Å². The smallest absolute Gasteiger partial charge is 0.164 e. The van der Waals surface area contributed by atoms with Crippen LogP contribution in [0.1, 0.15) is 37.2 Å². The van der Waals surface area contributed by atoms with Gasteiger partial charge in [0.1, 0.15) is 0 Å². The maximum Gasteiger partial charge on any atom is 0.164 e. The fourth-order valence-electron chi connectivity index (χ4n) is 6.11. The highest BCUT2D eigenvalue weighted by Crippen LogP contribution is 2.34. The number of aromatic nitrogens is 4. The molecule has 0 saturated carbocycles. The Hall–Kier alpha value is -7.37. The van der Waals surface area contributed by atoms with E-state index in [2.05, 4.69) is 5.32 Å². The Labute approximate surface area is 340 Å². The number of nitrogens with one attached hydrogen (secondary N) is 1. The van der Waals surface area contributed by atoms with Gasteiger partial charge >= 0.3 is 0 Å². The summed E-state index contributed by atoms with van der Waals surface area (Å²) in [6.45, 7) is -0.771. The molecule has 0 unspecified atom stereocenters. The Balaban J connectivity index is 1.18. The van der Waals surface area contributed by atoms with E-state index in [0.29, 0.717) is 34.4 Å². The van der Waals surface area contributed by atoms with Gasteiger partial charge < -0.3 is 9.88 Å². The van der Waals surface area contributed by atoms with Crippen LogP contribution in [-0.4, -0.2) is 19.5 Å². The summed E-state index contributed by atoms with van der Waals surface area (Å²) in [5.41, 5.74) is 1.67. The van der Waals surface area contributed by atoms with E-state index >= 15 is 0 Å². The molecule has 0 fully saturated rings. The lowest BCUT2D eigenvalue weighted by Crippen LogP contribution is -2.00. The number of para-hydroxylation sites is 3. The molecule has 0 aliphatic heterocycles. The van der Waals surface area contributed by atoms with Crippen molar-refractivity contribution >= 4 is 44.8 Å². The summed E-state index contributed by atoms with van der Waals surface area (Å²) in [6.07, 6.45) is 1.04. The lowest BCUT2D eigenvalue weighted by Gasteiger charge is -2.12. The van der Waals surface area contributed by atoms with E-state index in [9.17, 15) is 5.48 Å². The molecule has 9 rings (SSSR count). The van der Waals surface area contributed by atoms with Gasteiger partial charge in [0, 0.05) is 45.9 Å². The predicted octanol–water partition coefficient (Wildman–Crippen LogP) is 12.8. The molecular weight excluding hydrogens is 671 g/mol. The van der Waals surface area contributed by atoms with Crippen LogP contribution in [0.4, 0.5) is 11.4 Å². The molecule has 2 heterocycles. The number of benzene rings is 7. The van der Waals surface area contributed by atoms with Crippen molar-refractivity contribution in [2.75, 3.05) is 5.32 Å². The van der Waals surface area contributed by atoms with E-state index < -0.39 is 85.5 Å². The second kappa shape index (κ2) is 14.9. The van der Waals surface area contributed by atoms with Gasteiger partial charge in [0.25, 0.3) is 0 Å². The number of allylic oxidation sites excluding steroid dienone is 3. The molecule has 7 aromatic carbocycles. The van der Waals surface area contributed by atoms with Gasteiger partial charge in [-0.1, -0.05) is 151 Å². The van der Waals surface area contributed by atoms with E-state index in [1.807, 2.05) is 60.7 Å². The highest BCUT2D eigenvalue weighted by atomic mass is 15.0. The zero-order valence-corrected chi connectivity index (χ0v) is 29.0. The first kappa shape index (κ1) is 21.4. The number of fused-ring (bicyclic) bond motifs is 3. The third kappa shape index (κ3) is 6.95. The van der Waals surface area contributed by atoms with E-state index in [1.165, 1.54) is 4.57 Å². The number of hydrogen-bond donors (Lipinski definition) is 1. The van der Waals surface area contributed by atoms with E-state index in [4.69, 9.17) is 28.7 Å². The zero-order chi connectivity index (χ0) is 49.0. The molecule has 0 aliphatic rings. The molecule has 5 heteroatoms. The standard InChI is InChI=1S/C50H37N5/c1-35(39-31-32-47-44(34-39)43-28-12-14-30-46(43)55(47)42-26-9-4-10-27-42)17-15-23-36-18-11-13-29-45(36)51-41-25-16-24-40(33-41)50-53-48(37-19-5-2-6-20-37)52-49(54-50)38-21-7-3-8-22-38/h2-34,51H,1H3/b23-15+,35-17+/i1D,11D,12D,13D,14D,15D,17D,18D,28D,29D,30D,31D,32D,34D. The minimum atomic E-state index is -0.771. The Morgan fingerprint density at radius 1 is 0.636 bits per heavy atom. The third-order valence-electron chi connectivity index (χ3n) is 8.72. The predicted molar refractivity (Wildman–Crippen MR) is 229 cm³/mol. The number of hydrogen-bond acceptors (Lipinski definition) is 4. The molecule has 262 valence electrons. The molecule has 0 saturated heterocycles. The molecule has 0 spiro atoms. The van der Waals surface area contributed by atoms with Crippen molar-refractivity contribution in [1.82, 2.24) is 19.5 Å². The van der Waals surface area contributed by atoms with Crippen LogP contribution in [0.25, 0.3) is 73.3 Å². The van der Waals surface area contributed by atoms with Crippen LogP contribution in [0.15, 0.2) is 194 Å². The van der Waals surface area contributed by atoms with Gasteiger partial charge in [-0.05, 0) is 72.0 Å². The molecule has 0 bridgehead atoms. The summed E-state index contributed by atoms with van der Waals surface area (Å²) < 4.78 is 126. The molecule has 55 heavy (non-hydrogen) atoms. The van der Waals surface area contributed by atoms with Crippen molar-refractivity contribution in [3.8, 4) is 39.9 Å². The van der Waals surface area contributed by atoms with Crippen molar-refractivity contribution < 1.29 is 19.2 Å². The van der Waals surface area contributed by atoms with Gasteiger partial charge in [0.05, 0.1) is 28.9 Å². The van der Waals surface area contributed by atoms with Crippen LogP contribution < -0.4 is 5.32 Å². The first-order chi connectivity index (χ1) is 33.1. The molecule has 9 aromatic rings. The molecule has 5 nitrogen and oxygen atoms in total. The van der Waals surface area contributed by atoms with E-state index in [0.717, 1.165) is 17.2 Å². The fraction of sp³-hybridized carbons (Fsp3) is 0.0200. The zero-order valence-electron chi connectivity index (χ0n) is 43.0. The van der Waals surface area contributed by atoms with Crippen molar-refractivity contribution in [2.45, 2.75) is 6.90 Å². The lowest BCUT2D eigenvalue weighted by atomic mass is 10.0. The van der Waals surface area contributed by atoms with Crippen LogP contribution in [-0.2, 0) is 0 Å². The number of anilines is 2. The largest absolute Gasteiger partial charge is 0.355 e. The maximum absolute atomic E-state index is 9.51. The minimum Gasteiger partial charge on any atom is -0.355 e. The molecule has 0 amide bonds. The topological polar surface area (TPSA) is 55.6 Å². The van der Waals surface area contributed by atoms with Crippen molar-refractivity contribution in [1.29, 1.82) is 0 Å². The SMILES string of the molecule is [2H]C/C(=C([2H])\C([2H])=C\c1c([2H])c([2H])c([2H])c([2H])c1Nc1cccc(-c2nc(-c3ccccc3)nc(-c3ccccc3)n2)c1)c1c([2H])c([2H])c2c(c1[2H])c1c([2H])c([2H])c([2H])c([2H])c1n2-c1ccccc1. The monoisotopic (exact) mass is 721 g/mol. The summed E-state index contributed by atoms with van der Waals surface area (Å²) >= 11 is 0. The van der Waals surface area contributed by atoms with Gasteiger partial charge in [0.2, 0.25) is 0 Å². The Morgan fingerprint density at radius 2 is 1.25 bits per heavy atom. The first-order valence-electron chi connectivity index (χ1n) is 24.5. The summed E-state index contributed by atoms with van der Waals surface area (Å²) in [5, 5.41) is 2.89. The quantitative estimate of drug-likeness (QED) is 0.151. The van der Waals surface area contributed by atoms with Crippen LogP contribution in [0.2, 0.25) is 0 Å². The third-order valence-corrected chi connectivity index (χ3v) is 8.72. The highest BCUT2D eigenvalue weighted by Gasteiger charge is 2.14. The Morgan fingerprint density at radius 3 is 1.98 bits per heavy atom. The summed E-state index contributed by atoms with van der Waals surface area (Å²) in [5.74, 6) is 1.18. The average molecular weight is 722 g/mol. The van der Waals surface area contributed by atoms with Crippen LogP contribution in [0.3, 0.4) is 0 Å². The van der Waals surface area contributed by atoms with Gasteiger partial charge in [-0.25, -0.2) is 15.0 Å². The van der Waals surface area contributed by atoms with Gasteiger partial charge in [-0.3, -0.25) is 0 Å². The van der Waals surface area contributed by atoms with Gasteiger partial charge in [0.15, 0.2) is 17.5 Å². The molecule has 0 radical (unpaired) electrons. The maximum atomic E-state index is 9.51. The van der Waals surface area contributed by atoms with Crippen LogP contribution >= 0.6 is 0 Å². The highest BCUT2D eigenvalue weighted by molar-refractivity contribution is 6.10. The summed E-state index contributed by atoms with van der Waals surface area (Å²) in [7, 11) is 0. The normalized spacial score (nSPS) is 15.7. The second-order valence-electron chi connectivity index (χ2n) is 12.3. The summed E-state index contributed by atoms with van der Waals surface area (Å²) in [6, 6.07) is 26.9. The first-order valence-corrected chi connectivity index (χ1v) is 17.2. The molecule has 1 N–H and O–H groups in total. The van der Waals surface area contributed by atoms with Crippen molar-refractivity contribution in [2.24, 2.45) is 0 Å². The molecule has 0 atom stereocenters. The van der Waals surface area contributed by atoms with Crippen LogP contribution in [0.5, 0.6) is 0 Å². The minimum absolute atomic E-state index is 0.0322. The van der Waals surface area contributed by atoms with Crippen molar-refractivity contribution in [3.05, 3.63) is 205 Å². The Kier molecular flexibility index (Phi) is 5.80. The molecule has 2 aromatic heterocycles. The Bertz CT molecular complexity index is 3540. The second-order valence-corrected chi connectivity index (χ2v) is 12.3. The molecular formula is C50H37N5. The van der Waals surface area contributed by atoms with Gasteiger partial charge in [-0.15, -0.1) is 0 Å². The average Bonchev–Trinajstić information content (AvgIpc) is 3.75. The van der Waals surface area contributed by atoms with E-state index in [1.54, 1.807) is 54.6 Å². The summed E-state index contributed by atoms with van der Waals surface area (Å²) in [4.78, 5) is 14.3. The number of rotatable bonds is 9. The van der Waals surface area contributed by atoms with Gasteiger partial charge in [-0.2, -0.15) is 0 Å². The number of nitrogens with zero attached hydrogens (tertiary/aromatic N) is 4.